The van der Waals surface area contributed by atoms with Crippen LogP contribution in [0.25, 0.3) is 0 Å². The minimum absolute atomic E-state index is 0.0545. The monoisotopic (exact) mass is 434 g/mol. The number of halogens is 5. The second-order valence-corrected chi connectivity index (χ2v) is 7.22. The molecule has 0 fully saturated rings. The Kier molecular flexibility index (Phi) is 8.39. The molecule has 0 spiro atoms. The highest BCUT2D eigenvalue weighted by molar-refractivity contribution is 6.55. The number of amides is 1. The van der Waals surface area contributed by atoms with E-state index >= 15 is 0 Å². The molecule has 134 valence electrons. The molecule has 0 saturated heterocycles. The van der Waals surface area contributed by atoms with E-state index in [0.29, 0.717) is 6.42 Å². The van der Waals surface area contributed by atoms with Crippen molar-refractivity contribution in [2.75, 3.05) is 6.54 Å². The lowest BCUT2D eigenvalue weighted by Crippen LogP contribution is -2.43. The second-order valence-electron chi connectivity index (χ2n) is 5.33. The standard InChI is InChI=1S/C14H15Cl5N2O3/c1-5(2)3-6(20)14(23)21-4-7(22)24-13-11(18)9(16)8(15)10(17)12(13)19/h5-6H,3-4,20H2,1-2H3,(H,21,23). The molecule has 0 aliphatic carbocycles. The van der Waals surface area contributed by atoms with Gasteiger partial charge in [0.05, 0.1) is 21.1 Å². The zero-order valence-corrected chi connectivity index (χ0v) is 16.5. The van der Waals surface area contributed by atoms with Crippen molar-refractivity contribution in [3.05, 3.63) is 25.1 Å². The van der Waals surface area contributed by atoms with Crippen molar-refractivity contribution in [3.8, 4) is 5.75 Å². The lowest BCUT2D eigenvalue weighted by molar-refractivity contribution is -0.135. The number of hydrogen-bond acceptors (Lipinski definition) is 4. The lowest BCUT2D eigenvalue weighted by atomic mass is 10.0. The predicted molar refractivity (Wildman–Crippen MR) is 97.6 cm³/mol. The SMILES string of the molecule is CC(C)CC(N)C(=O)NCC(=O)Oc1c(Cl)c(Cl)c(Cl)c(Cl)c1Cl. The summed E-state index contributed by atoms with van der Waals surface area (Å²) < 4.78 is 5.02. The van der Waals surface area contributed by atoms with E-state index in [4.69, 9.17) is 68.5 Å². The summed E-state index contributed by atoms with van der Waals surface area (Å²) in [6.07, 6.45) is 0.487. The first-order valence-electron chi connectivity index (χ1n) is 6.81. The fraction of sp³-hybridized carbons (Fsp3) is 0.429. The van der Waals surface area contributed by atoms with E-state index in [9.17, 15) is 9.59 Å². The molecule has 0 aliphatic rings. The van der Waals surface area contributed by atoms with Gasteiger partial charge in [-0.25, -0.2) is 4.79 Å². The van der Waals surface area contributed by atoms with Crippen LogP contribution in [-0.2, 0) is 9.59 Å². The molecular formula is C14H15Cl5N2O3. The van der Waals surface area contributed by atoms with Crippen LogP contribution in [0.1, 0.15) is 20.3 Å². The number of nitrogens with two attached hydrogens (primary N) is 1. The van der Waals surface area contributed by atoms with E-state index in [2.05, 4.69) is 5.32 Å². The van der Waals surface area contributed by atoms with Crippen LogP contribution in [0.2, 0.25) is 25.1 Å². The van der Waals surface area contributed by atoms with Gasteiger partial charge in [-0.1, -0.05) is 71.9 Å². The molecule has 1 rings (SSSR count). The van der Waals surface area contributed by atoms with Crippen LogP contribution in [-0.4, -0.2) is 24.5 Å². The Balaban J connectivity index is 2.75. The van der Waals surface area contributed by atoms with Gasteiger partial charge >= 0.3 is 5.97 Å². The van der Waals surface area contributed by atoms with Crippen LogP contribution in [0.3, 0.4) is 0 Å². The van der Waals surface area contributed by atoms with Gasteiger partial charge in [0.15, 0.2) is 5.75 Å². The molecule has 1 amide bonds. The topological polar surface area (TPSA) is 81.4 Å². The fourth-order valence-corrected chi connectivity index (χ4v) is 2.93. The first-order chi connectivity index (χ1) is 11.1. The summed E-state index contributed by atoms with van der Waals surface area (Å²) >= 11 is 29.5. The van der Waals surface area contributed by atoms with E-state index in [-0.39, 0.29) is 36.8 Å². The molecule has 0 radical (unpaired) electrons. The van der Waals surface area contributed by atoms with E-state index in [1.165, 1.54) is 0 Å². The predicted octanol–water partition coefficient (Wildman–Crippen LogP) is 4.35. The Morgan fingerprint density at radius 3 is 1.92 bits per heavy atom. The Morgan fingerprint density at radius 1 is 1.00 bits per heavy atom. The van der Waals surface area contributed by atoms with Crippen molar-refractivity contribution in [1.82, 2.24) is 5.32 Å². The molecule has 0 bridgehead atoms. The van der Waals surface area contributed by atoms with Crippen LogP contribution in [0.5, 0.6) is 5.75 Å². The highest BCUT2D eigenvalue weighted by atomic mass is 35.5. The molecule has 0 saturated carbocycles. The van der Waals surface area contributed by atoms with Gasteiger partial charge in [-0.2, -0.15) is 0 Å². The number of nitrogens with one attached hydrogen (secondary N) is 1. The highest BCUT2D eigenvalue weighted by Gasteiger charge is 2.23. The number of benzene rings is 1. The summed E-state index contributed by atoms with van der Waals surface area (Å²) in [7, 11) is 0. The molecule has 5 nitrogen and oxygen atoms in total. The van der Waals surface area contributed by atoms with E-state index in [0.717, 1.165) is 0 Å². The Morgan fingerprint density at radius 2 is 1.46 bits per heavy atom. The lowest BCUT2D eigenvalue weighted by Gasteiger charge is -2.15. The average Bonchev–Trinajstić information content (AvgIpc) is 2.52. The van der Waals surface area contributed by atoms with Gasteiger partial charge in [0, 0.05) is 0 Å². The summed E-state index contributed by atoms with van der Waals surface area (Å²) in [5.74, 6) is -1.28. The van der Waals surface area contributed by atoms with Gasteiger partial charge in [0.1, 0.15) is 16.6 Å². The maximum atomic E-state index is 11.9. The maximum Gasteiger partial charge on any atom is 0.330 e. The summed E-state index contributed by atoms with van der Waals surface area (Å²) in [6.45, 7) is 3.44. The molecule has 1 unspecified atom stereocenters. The number of rotatable bonds is 6. The molecule has 24 heavy (non-hydrogen) atoms. The van der Waals surface area contributed by atoms with Crippen LogP contribution in [0, 0.1) is 5.92 Å². The first-order valence-corrected chi connectivity index (χ1v) is 8.70. The minimum atomic E-state index is -0.821. The van der Waals surface area contributed by atoms with Crippen molar-refractivity contribution in [1.29, 1.82) is 0 Å². The number of esters is 1. The van der Waals surface area contributed by atoms with Crippen LogP contribution in [0.15, 0.2) is 0 Å². The Labute approximate surface area is 164 Å². The van der Waals surface area contributed by atoms with Crippen molar-refractivity contribution >= 4 is 69.9 Å². The molecule has 0 aliphatic heterocycles. The first kappa shape index (κ1) is 21.6. The Hall–Kier alpha value is -0.430. The van der Waals surface area contributed by atoms with Gasteiger partial charge in [-0.15, -0.1) is 0 Å². The van der Waals surface area contributed by atoms with Gasteiger partial charge in [-0.3, -0.25) is 4.79 Å². The largest absolute Gasteiger partial charge is 0.422 e. The maximum absolute atomic E-state index is 11.9. The zero-order chi connectivity index (χ0) is 18.6. The third kappa shape index (κ3) is 5.55. The van der Waals surface area contributed by atoms with E-state index < -0.39 is 24.5 Å². The molecule has 1 atom stereocenters. The number of hydrogen-bond donors (Lipinski definition) is 2. The van der Waals surface area contributed by atoms with E-state index in [1.54, 1.807) is 0 Å². The molecule has 0 aromatic heterocycles. The third-order valence-electron chi connectivity index (χ3n) is 2.85. The normalized spacial score (nSPS) is 12.2. The molecule has 10 heteroatoms. The summed E-state index contributed by atoms with van der Waals surface area (Å²) in [6, 6.07) is -0.718. The van der Waals surface area contributed by atoms with Crippen molar-refractivity contribution in [2.45, 2.75) is 26.3 Å². The molecule has 3 N–H and O–H groups in total. The second kappa shape index (κ2) is 9.32. The summed E-state index contributed by atoms with van der Waals surface area (Å²) in [4.78, 5) is 23.6. The fourth-order valence-electron chi connectivity index (χ4n) is 1.73. The van der Waals surface area contributed by atoms with Crippen molar-refractivity contribution in [2.24, 2.45) is 11.7 Å². The van der Waals surface area contributed by atoms with Crippen molar-refractivity contribution < 1.29 is 14.3 Å². The average molecular weight is 437 g/mol. The van der Waals surface area contributed by atoms with Crippen LogP contribution in [0.4, 0.5) is 0 Å². The smallest absolute Gasteiger partial charge is 0.330 e. The molecular weight excluding hydrogens is 421 g/mol. The highest BCUT2D eigenvalue weighted by Crippen LogP contribution is 2.48. The van der Waals surface area contributed by atoms with Crippen LogP contribution >= 0.6 is 58.0 Å². The van der Waals surface area contributed by atoms with E-state index in [1.807, 2.05) is 13.8 Å². The Bertz CT molecular complexity index is 623. The third-order valence-corrected chi connectivity index (χ3v) is 5.10. The van der Waals surface area contributed by atoms with Crippen LogP contribution < -0.4 is 15.8 Å². The molecule has 1 aromatic carbocycles. The zero-order valence-electron chi connectivity index (χ0n) is 12.8. The minimum Gasteiger partial charge on any atom is -0.422 e. The number of carbonyl (C=O) groups excluding carboxylic acids is 2. The van der Waals surface area contributed by atoms with Gasteiger partial charge in [-0.05, 0) is 12.3 Å². The summed E-state index contributed by atoms with van der Waals surface area (Å²) in [5, 5.41) is 1.80. The molecule has 0 heterocycles. The van der Waals surface area contributed by atoms with Crippen molar-refractivity contribution in [3.63, 3.8) is 0 Å². The number of ether oxygens (including phenoxy) is 1. The number of carbonyl (C=O) groups is 2. The van der Waals surface area contributed by atoms with Gasteiger partial charge in [0.25, 0.3) is 0 Å². The van der Waals surface area contributed by atoms with Gasteiger partial charge < -0.3 is 15.8 Å². The summed E-state index contributed by atoms with van der Waals surface area (Å²) in [5.41, 5.74) is 5.71. The quantitative estimate of drug-likeness (QED) is 0.301. The van der Waals surface area contributed by atoms with Gasteiger partial charge in [0.2, 0.25) is 5.91 Å². The molecule has 1 aromatic rings.